The fourth-order valence-corrected chi connectivity index (χ4v) is 3.40. The molecule has 96 valence electrons. The Bertz CT molecular complexity index is 357. The van der Waals surface area contributed by atoms with Crippen molar-refractivity contribution >= 4 is 11.3 Å². The molecule has 3 nitrogen and oxygen atoms in total. The lowest BCUT2D eigenvalue weighted by atomic mass is 9.82. The van der Waals surface area contributed by atoms with Crippen molar-refractivity contribution in [3.05, 3.63) is 16.1 Å². The third-order valence-electron chi connectivity index (χ3n) is 4.18. The molecule has 0 unspecified atom stereocenters. The van der Waals surface area contributed by atoms with E-state index in [-0.39, 0.29) is 0 Å². The van der Waals surface area contributed by atoms with E-state index in [0.29, 0.717) is 12.0 Å². The van der Waals surface area contributed by atoms with Crippen LogP contribution < -0.4 is 5.73 Å². The molecule has 17 heavy (non-hydrogen) atoms. The van der Waals surface area contributed by atoms with Crippen molar-refractivity contribution in [3.8, 4) is 0 Å². The van der Waals surface area contributed by atoms with Crippen LogP contribution in [0.4, 0.5) is 0 Å². The average Bonchev–Trinajstić information content (AvgIpc) is 2.97. The van der Waals surface area contributed by atoms with Gasteiger partial charge in [-0.1, -0.05) is 13.8 Å². The van der Waals surface area contributed by atoms with E-state index in [9.17, 15) is 0 Å². The summed E-state index contributed by atoms with van der Waals surface area (Å²) in [6.45, 7) is 8.66. The molecule has 1 aliphatic heterocycles. The SMILES string of the molecule is CCC1(CC)CCN(Cc2csc(CN)n2)C1. The monoisotopic (exact) mass is 253 g/mol. The molecule has 2 rings (SSSR count). The first-order valence-electron chi connectivity index (χ1n) is 6.57. The van der Waals surface area contributed by atoms with Gasteiger partial charge in [-0.05, 0) is 31.2 Å². The van der Waals surface area contributed by atoms with Gasteiger partial charge in [0.1, 0.15) is 5.01 Å². The molecular formula is C13H23N3S. The van der Waals surface area contributed by atoms with Crippen molar-refractivity contribution in [1.82, 2.24) is 9.88 Å². The highest BCUT2D eigenvalue weighted by Crippen LogP contribution is 2.37. The van der Waals surface area contributed by atoms with E-state index in [2.05, 4.69) is 29.1 Å². The van der Waals surface area contributed by atoms with Gasteiger partial charge in [-0.15, -0.1) is 11.3 Å². The summed E-state index contributed by atoms with van der Waals surface area (Å²) in [4.78, 5) is 7.09. The van der Waals surface area contributed by atoms with Crippen LogP contribution in [0.5, 0.6) is 0 Å². The zero-order valence-electron chi connectivity index (χ0n) is 10.9. The van der Waals surface area contributed by atoms with Gasteiger partial charge in [-0.2, -0.15) is 0 Å². The molecule has 0 saturated carbocycles. The zero-order valence-corrected chi connectivity index (χ0v) is 11.7. The molecule has 0 radical (unpaired) electrons. The third kappa shape index (κ3) is 2.87. The van der Waals surface area contributed by atoms with Gasteiger partial charge in [0, 0.05) is 25.0 Å². The van der Waals surface area contributed by atoms with Crippen molar-refractivity contribution in [1.29, 1.82) is 0 Å². The van der Waals surface area contributed by atoms with E-state index in [0.717, 1.165) is 11.6 Å². The molecule has 0 atom stereocenters. The zero-order chi connectivity index (χ0) is 12.3. The van der Waals surface area contributed by atoms with Gasteiger partial charge in [0.15, 0.2) is 0 Å². The Hall–Kier alpha value is -0.450. The van der Waals surface area contributed by atoms with Crippen LogP contribution in [0.15, 0.2) is 5.38 Å². The van der Waals surface area contributed by atoms with Crippen LogP contribution in [0.2, 0.25) is 0 Å². The molecule has 0 aliphatic carbocycles. The summed E-state index contributed by atoms with van der Waals surface area (Å²) in [7, 11) is 0. The van der Waals surface area contributed by atoms with Crippen LogP contribution in [-0.2, 0) is 13.1 Å². The van der Waals surface area contributed by atoms with Crippen LogP contribution in [0, 0.1) is 5.41 Å². The predicted molar refractivity (Wildman–Crippen MR) is 72.9 cm³/mol. The maximum atomic E-state index is 5.59. The fourth-order valence-electron chi connectivity index (χ4n) is 2.73. The summed E-state index contributed by atoms with van der Waals surface area (Å²) in [6, 6.07) is 0. The highest BCUT2D eigenvalue weighted by molar-refractivity contribution is 7.09. The van der Waals surface area contributed by atoms with Crippen LogP contribution in [0.3, 0.4) is 0 Å². The van der Waals surface area contributed by atoms with Crippen molar-refractivity contribution in [2.45, 2.75) is 46.2 Å². The van der Waals surface area contributed by atoms with Crippen LogP contribution in [0.25, 0.3) is 0 Å². The first kappa shape index (κ1) is 13.0. The number of thiazole rings is 1. The second-order valence-electron chi connectivity index (χ2n) is 5.10. The molecule has 1 aromatic rings. The minimum absolute atomic E-state index is 0.562. The summed E-state index contributed by atoms with van der Waals surface area (Å²) in [5.74, 6) is 0. The fraction of sp³-hybridized carbons (Fsp3) is 0.769. The second kappa shape index (κ2) is 5.46. The molecule has 0 aromatic carbocycles. The lowest BCUT2D eigenvalue weighted by Gasteiger charge is -2.26. The summed E-state index contributed by atoms with van der Waals surface area (Å²) in [6.07, 6.45) is 3.93. The summed E-state index contributed by atoms with van der Waals surface area (Å²) < 4.78 is 0. The number of hydrogen-bond donors (Lipinski definition) is 1. The van der Waals surface area contributed by atoms with Gasteiger partial charge < -0.3 is 5.73 Å². The Labute approximate surface area is 108 Å². The molecule has 1 fully saturated rings. The van der Waals surface area contributed by atoms with Gasteiger partial charge in [-0.25, -0.2) is 4.98 Å². The number of hydrogen-bond acceptors (Lipinski definition) is 4. The Balaban J connectivity index is 1.93. The first-order chi connectivity index (χ1) is 8.21. The Kier molecular flexibility index (Phi) is 4.17. The van der Waals surface area contributed by atoms with E-state index in [1.54, 1.807) is 11.3 Å². The number of nitrogens with two attached hydrogens (primary N) is 1. The van der Waals surface area contributed by atoms with Crippen molar-refractivity contribution in [3.63, 3.8) is 0 Å². The summed E-state index contributed by atoms with van der Waals surface area (Å²) in [5, 5.41) is 3.21. The predicted octanol–water partition coefficient (Wildman–Crippen LogP) is 2.61. The molecule has 0 amide bonds. The molecule has 0 spiro atoms. The Morgan fingerprint density at radius 2 is 2.24 bits per heavy atom. The van der Waals surface area contributed by atoms with E-state index < -0.39 is 0 Å². The quantitative estimate of drug-likeness (QED) is 0.877. The molecule has 1 aliphatic rings. The van der Waals surface area contributed by atoms with Crippen LogP contribution >= 0.6 is 11.3 Å². The Morgan fingerprint density at radius 1 is 1.47 bits per heavy atom. The van der Waals surface area contributed by atoms with E-state index in [4.69, 9.17) is 5.73 Å². The van der Waals surface area contributed by atoms with E-state index in [1.807, 2.05) is 0 Å². The number of rotatable bonds is 5. The standard InChI is InChI=1S/C13H23N3S/c1-3-13(4-2)5-6-16(10-13)8-11-9-17-12(7-14)15-11/h9H,3-8,10,14H2,1-2H3. The minimum Gasteiger partial charge on any atom is -0.325 e. The largest absolute Gasteiger partial charge is 0.325 e. The normalized spacial score (nSPS) is 19.9. The lowest BCUT2D eigenvalue weighted by Crippen LogP contribution is -2.26. The number of likely N-dealkylation sites (tertiary alicyclic amines) is 1. The molecule has 4 heteroatoms. The molecule has 2 heterocycles. The van der Waals surface area contributed by atoms with E-state index >= 15 is 0 Å². The summed E-state index contributed by atoms with van der Waals surface area (Å²) >= 11 is 1.68. The number of nitrogens with zero attached hydrogens (tertiary/aromatic N) is 2. The molecule has 1 aromatic heterocycles. The van der Waals surface area contributed by atoms with Gasteiger partial charge in [0.25, 0.3) is 0 Å². The van der Waals surface area contributed by atoms with Crippen molar-refractivity contribution in [2.24, 2.45) is 11.1 Å². The lowest BCUT2D eigenvalue weighted by molar-refractivity contribution is 0.235. The molecule has 1 saturated heterocycles. The molecular weight excluding hydrogens is 230 g/mol. The first-order valence-corrected chi connectivity index (χ1v) is 7.45. The molecule has 2 N–H and O–H groups in total. The smallest absolute Gasteiger partial charge is 0.106 e. The third-order valence-corrected chi connectivity index (χ3v) is 5.10. The maximum absolute atomic E-state index is 5.59. The topological polar surface area (TPSA) is 42.1 Å². The van der Waals surface area contributed by atoms with Crippen LogP contribution in [0.1, 0.15) is 43.8 Å². The summed E-state index contributed by atoms with van der Waals surface area (Å²) in [5.41, 5.74) is 7.35. The Morgan fingerprint density at radius 3 is 2.76 bits per heavy atom. The molecule has 0 bridgehead atoms. The van der Waals surface area contributed by atoms with Crippen LogP contribution in [-0.4, -0.2) is 23.0 Å². The van der Waals surface area contributed by atoms with Gasteiger partial charge in [-0.3, -0.25) is 4.90 Å². The highest BCUT2D eigenvalue weighted by Gasteiger charge is 2.34. The highest BCUT2D eigenvalue weighted by atomic mass is 32.1. The van der Waals surface area contributed by atoms with Gasteiger partial charge in [0.05, 0.1) is 5.69 Å². The number of aromatic nitrogens is 1. The van der Waals surface area contributed by atoms with Gasteiger partial charge in [0.2, 0.25) is 0 Å². The maximum Gasteiger partial charge on any atom is 0.106 e. The average molecular weight is 253 g/mol. The second-order valence-corrected chi connectivity index (χ2v) is 6.05. The van der Waals surface area contributed by atoms with Gasteiger partial charge >= 0.3 is 0 Å². The van der Waals surface area contributed by atoms with E-state index in [1.165, 1.54) is 38.0 Å². The van der Waals surface area contributed by atoms with Crippen molar-refractivity contribution in [2.75, 3.05) is 13.1 Å². The van der Waals surface area contributed by atoms with Crippen molar-refractivity contribution < 1.29 is 0 Å². The minimum atomic E-state index is 0.562.